The minimum absolute atomic E-state index is 0.0745. The summed E-state index contributed by atoms with van der Waals surface area (Å²) in [5.74, 6) is 1.30. The summed E-state index contributed by atoms with van der Waals surface area (Å²) in [5.41, 5.74) is 3.44. The highest BCUT2D eigenvalue weighted by Crippen LogP contribution is 2.37. The molecular formula is C24H25N3O7S. The highest BCUT2D eigenvalue weighted by atomic mass is 32.2. The molecule has 0 heterocycles. The lowest BCUT2D eigenvalue weighted by molar-refractivity contribution is 0.0955. The summed E-state index contributed by atoms with van der Waals surface area (Å²) in [6, 6.07) is 15.3. The monoisotopic (exact) mass is 499 g/mol. The zero-order valence-electron chi connectivity index (χ0n) is 19.6. The lowest BCUT2D eigenvalue weighted by Crippen LogP contribution is -2.19. The summed E-state index contributed by atoms with van der Waals surface area (Å²) in [6.45, 7) is 0. The van der Waals surface area contributed by atoms with Crippen molar-refractivity contribution in [2.24, 2.45) is 5.10 Å². The molecule has 0 spiro atoms. The Morgan fingerprint density at radius 3 is 2.09 bits per heavy atom. The van der Waals surface area contributed by atoms with Gasteiger partial charge in [0.05, 0.1) is 39.5 Å². The van der Waals surface area contributed by atoms with Crippen LogP contribution in [0.1, 0.15) is 15.9 Å². The molecule has 0 saturated heterocycles. The molecule has 0 saturated carbocycles. The molecule has 1 amide bonds. The fourth-order valence-electron chi connectivity index (χ4n) is 3.08. The molecule has 35 heavy (non-hydrogen) atoms. The van der Waals surface area contributed by atoms with Crippen molar-refractivity contribution in [1.29, 1.82) is 0 Å². The number of hydrogen-bond donors (Lipinski definition) is 2. The first-order valence-electron chi connectivity index (χ1n) is 10.2. The molecule has 0 fully saturated rings. The predicted molar refractivity (Wildman–Crippen MR) is 131 cm³/mol. The minimum atomic E-state index is -3.92. The Bertz CT molecular complexity index is 1300. The van der Waals surface area contributed by atoms with E-state index in [9.17, 15) is 13.2 Å². The summed E-state index contributed by atoms with van der Waals surface area (Å²) in [7, 11) is 2.07. The van der Waals surface area contributed by atoms with Crippen LogP contribution < -0.4 is 29.1 Å². The van der Waals surface area contributed by atoms with Crippen molar-refractivity contribution in [3.8, 4) is 23.0 Å². The van der Waals surface area contributed by atoms with Gasteiger partial charge in [0.2, 0.25) is 5.75 Å². The Morgan fingerprint density at radius 2 is 1.51 bits per heavy atom. The summed E-state index contributed by atoms with van der Waals surface area (Å²) < 4.78 is 48.9. The van der Waals surface area contributed by atoms with Gasteiger partial charge in [0.1, 0.15) is 5.75 Å². The Labute approximate surface area is 203 Å². The van der Waals surface area contributed by atoms with Crippen LogP contribution in [0, 0.1) is 0 Å². The number of methoxy groups -OCH3 is 4. The number of hydrazone groups is 1. The Hall–Kier alpha value is -4.25. The van der Waals surface area contributed by atoms with Crippen LogP contribution in [0.15, 0.2) is 70.7 Å². The molecule has 3 rings (SSSR count). The van der Waals surface area contributed by atoms with Gasteiger partial charge in [-0.2, -0.15) is 5.10 Å². The first-order chi connectivity index (χ1) is 16.8. The molecule has 11 heteroatoms. The van der Waals surface area contributed by atoms with Crippen LogP contribution in [0.5, 0.6) is 23.0 Å². The predicted octanol–water partition coefficient (Wildman–Crippen LogP) is 3.29. The molecule has 2 N–H and O–H groups in total. The van der Waals surface area contributed by atoms with Crippen LogP contribution in [0.3, 0.4) is 0 Å². The standard InChI is InChI=1S/C24H25N3O7S/c1-31-19-10-8-18(9-11-19)27-35(29,30)20-7-5-6-17(14-20)24(28)26-25-15-16-12-21(32-2)23(34-4)22(13-16)33-3/h5-15,27H,1-4H3,(H,26,28)/b25-15-. The Kier molecular flexibility index (Phi) is 8.16. The normalized spacial score (nSPS) is 11.1. The first kappa shape index (κ1) is 25.4. The highest BCUT2D eigenvalue weighted by molar-refractivity contribution is 7.92. The Morgan fingerprint density at radius 1 is 0.857 bits per heavy atom. The number of nitrogens with one attached hydrogen (secondary N) is 2. The minimum Gasteiger partial charge on any atom is -0.497 e. The van der Waals surface area contributed by atoms with Gasteiger partial charge in [0, 0.05) is 16.8 Å². The van der Waals surface area contributed by atoms with Crippen molar-refractivity contribution in [3.05, 3.63) is 71.8 Å². The van der Waals surface area contributed by atoms with Gasteiger partial charge in [0.25, 0.3) is 15.9 Å². The number of carbonyl (C=O) groups excluding carboxylic acids is 1. The van der Waals surface area contributed by atoms with Crippen molar-refractivity contribution in [2.75, 3.05) is 33.2 Å². The molecule has 0 aromatic heterocycles. The lowest BCUT2D eigenvalue weighted by atomic mass is 10.2. The maximum atomic E-state index is 12.8. The topological polar surface area (TPSA) is 125 Å². The van der Waals surface area contributed by atoms with E-state index in [0.717, 1.165) is 0 Å². The number of benzene rings is 3. The van der Waals surface area contributed by atoms with Crippen molar-refractivity contribution in [1.82, 2.24) is 5.43 Å². The van der Waals surface area contributed by atoms with E-state index in [-0.39, 0.29) is 10.5 Å². The van der Waals surface area contributed by atoms with E-state index in [1.54, 1.807) is 36.4 Å². The molecule has 0 aliphatic carbocycles. The molecule has 0 aliphatic heterocycles. The van der Waals surface area contributed by atoms with Gasteiger partial charge < -0.3 is 18.9 Å². The molecule has 0 aliphatic rings. The van der Waals surface area contributed by atoms with Crippen molar-refractivity contribution in [2.45, 2.75) is 4.90 Å². The molecular weight excluding hydrogens is 474 g/mol. The number of anilines is 1. The molecule has 3 aromatic rings. The second kappa shape index (κ2) is 11.3. The van der Waals surface area contributed by atoms with Gasteiger partial charge in [-0.15, -0.1) is 0 Å². The molecule has 0 bridgehead atoms. The molecule has 184 valence electrons. The largest absolute Gasteiger partial charge is 0.497 e. The van der Waals surface area contributed by atoms with Gasteiger partial charge in [-0.05, 0) is 54.6 Å². The number of rotatable bonds is 10. The van der Waals surface area contributed by atoms with E-state index in [1.165, 1.54) is 58.9 Å². The maximum absolute atomic E-state index is 12.8. The van der Waals surface area contributed by atoms with E-state index < -0.39 is 15.9 Å². The van der Waals surface area contributed by atoms with E-state index in [1.807, 2.05) is 0 Å². The van der Waals surface area contributed by atoms with Crippen LogP contribution >= 0.6 is 0 Å². The number of carbonyl (C=O) groups is 1. The molecule has 10 nitrogen and oxygen atoms in total. The van der Waals surface area contributed by atoms with Crippen LogP contribution in [-0.2, 0) is 10.0 Å². The van der Waals surface area contributed by atoms with E-state index in [4.69, 9.17) is 18.9 Å². The third-order valence-electron chi connectivity index (χ3n) is 4.82. The average molecular weight is 500 g/mol. The second-order valence-electron chi connectivity index (χ2n) is 7.02. The fourth-order valence-corrected chi connectivity index (χ4v) is 4.19. The zero-order chi connectivity index (χ0) is 25.4. The number of nitrogens with zero attached hydrogens (tertiary/aromatic N) is 1. The number of ether oxygens (including phenoxy) is 4. The van der Waals surface area contributed by atoms with Crippen LogP contribution in [0.4, 0.5) is 5.69 Å². The molecule has 3 aromatic carbocycles. The molecule has 0 unspecified atom stereocenters. The highest BCUT2D eigenvalue weighted by Gasteiger charge is 2.17. The van der Waals surface area contributed by atoms with Crippen LogP contribution in [0.25, 0.3) is 0 Å². The quantitative estimate of drug-likeness (QED) is 0.324. The number of amides is 1. The molecule has 0 atom stereocenters. The SMILES string of the molecule is COc1ccc(NS(=O)(=O)c2cccc(C(=O)N/N=C\c3cc(OC)c(OC)c(OC)c3)c2)cc1. The summed E-state index contributed by atoms with van der Waals surface area (Å²) in [4.78, 5) is 12.5. The fraction of sp³-hybridized carbons (Fsp3) is 0.167. The summed E-state index contributed by atoms with van der Waals surface area (Å²) in [5, 5.41) is 3.95. The lowest BCUT2D eigenvalue weighted by Gasteiger charge is -2.12. The van der Waals surface area contributed by atoms with Gasteiger partial charge in [-0.3, -0.25) is 9.52 Å². The van der Waals surface area contributed by atoms with Gasteiger partial charge in [0.15, 0.2) is 11.5 Å². The average Bonchev–Trinajstić information content (AvgIpc) is 2.88. The Balaban J connectivity index is 1.73. The van der Waals surface area contributed by atoms with Crippen molar-refractivity contribution in [3.63, 3.8) is 0 Å². The van der Waals surface area contributed by atoms with Gasteiger partial charge in [-0.25, -0.2) is 13.8 Å². The van der Waals surface area contributed by atoms with E-state index in [0.29, 0.717) is 34.2 Å². The van der Waals surface area contributed by atoms with Gasteiger partial charge >= 0.3 is 0 Å². The van der Waals surface area contributed by atoms with Crippen LogP contribution in [0.2, 0.25) is 0 Å². The van der Waals surface area contributed by atoms with E-state index in [2.05, 4.69) is 15.2 Å². The third-order valence-corrected chi connectivity index (χ3v) is 6.19. The van der Waals surface area contributed by atoms with Crippen molar-refractivity contribution < 1.29 is 32.2 Å². The smallest absolute Gasteiger partial charge is 0.271 e. The van der Waals surface area contributed by atoms with Gasteiger partial charge in [-0.1, -0.05) is 6.07 Å². The number of hydrogen-bond acceptors (Lipinski definition) is 8. The first-order valence-corrected chi connectivity index (χ1v) is 11.7. The number of sulfonamides is 1. The second-order valence-corrected chi connectivity index (χ2v) is 8.70. The zero-order valence-corrected chi connectivity index (χ0v) is 20.4. The van der Waals surface area contributed by atoms with E-state index >= 15 is 0 Å². The summed E-state index contributed by atoms with van der Waals surface area (Å²) in [6.07, 6.45) is 1.40. The molecule has 0 radical (unpaired) electrons. The van der Waals surface area contributed by atoms with Crippen LogP contribution in [-0.4, -0.2) is 49.0 Å². The van der Waals surface area contributed by atoms with Crippen molar-refractivity contribution >= 4 is 27.8 Å². The summed E-state index contributed by atoms with van der Waals surface area (Å²) >= 11 is 0. The third kappa shape index (κ3) is 6.21. The maximum Gasteiger partial charge on any atom is 0.271 e.